The van der Waals surface area contributed by atoms with E-state index in [4.69, 9.17) is 4.84 Å². The molecule has 5 fully saturated rings. The average Bonchev–Trinajstić information content (AvgIpc) is 3.74. The minimum absolute atomic E-state index is 0.0538. The molecule has 6 aliphatic rings. The molecule has 9 atom stereocenters. The van der Waals surface area contributed by atoms with Crippen molar-refractivity contribution >= 4 is 41.1 Å². The first-order chi connectivity index (χ1) is 23.6. The van der Waals surface area contributed by atoms with Gasteiger partial charge in [0.05, 0.1) is 17.8 Å². The zero-order valence-corrected chi connectivity index (χ0v) is 30.8. The normalized spacial score (nSPS) is 36.8. The van der Waals surface area contributed by atoms with E-state index in [1.165, 1.54) is 31.3 Å². The van der Waals surface area contributed by atoms with Gasteiger partial charge in [-0.15, -0.1) is 0 Å². The van der Waals surface area contributed by atoms with Crippen molar-refractivity contribution in [3.05, 3.63) is 11.6 Å². The van der Waals surface area contributed by atoms with E-state index in [1.807, 2.05) is 11.8 Å². The summed E-state index contributed by atoms with van der Waals surface area (Å²) in [6.45, 7) is 7.85. The van der Waals surface area contributed by atoms with Gasteiger partial charge in [-0.05, 0) is 125 Å². The second-order valence-electron chi connectivity index (χ2n) is 16.3. The fraction of sp³-hybridized carbons (Fsp3) is 0.816. The van der Waals surface area contributed by atoms with Crippen LogP contribution in [-0.2, 0) is 19.2 Å². The number of nitrogens with zero attached hydrogens (tertiary/aromatic N) is 1. The van der Waals surface area contributed by atoms with Crippen molar-refractivity contribution in [3.8, 4) is 0 Å². The van der Waals surface area contributed by atoms with Crippen LogP contribution in [0, 0.1) is 34.5 Å². The number of Topliss-reactive ketones (excluding diaryl/α,β-unsaturated/α-hetero) is 1. The maximum Gasteiger partial charge on any atom is 0.315 e. The fourth-order valence-corrected chi connectivity index (χ4v) is 12.3. The van der Waals surface area contributed by atoms with Crippen molar-refractivity contribution in [3.63, 3.8) is 0 Å². The van der Waals surface area contributed by atoms with E-state index in [2.05, 4.69) is 46.3 Å². The molecule has 11 heteroatoms. The Morgan fingerprint density at radius 2 is 1.73 bits per heavy atom. The molecular weight excluding hydrogens is 639 g/mol. The molecule has 0 aromatic carbocycles. The third-order valence-corrected chi connectivity index (χ3v) is 14.9. The molecule has 0 spiro atoms. The van der Waals surface area contributed by atoms with Crippen LogP contribution in [0.4, 0.5) is 4.79 Å². The molecule has 0 radical (unpaired) electrons. The number of thioether (sulfide) groups is 1. The lowest BCUT2D eigenvalue weighted by molar-refractivity contribution is -0.128. The lowest BCUT2D eigenvalue weighted by Gasteiger charge is -2.58. The van der Waals surface area contributed by atoms with Crippen molar-refractivity contribution in [2.24, 2.45) is 39.7 Å². The summed E-state index contributed by atoms with van der Waals surface area (Å²) in [4.78, 5) is 54.0. The van der Waals surface area contributed by atoms with Crippen molar-refractivity contribution < 1.29 is 24.0 Å². The SMILES string of the molecule is CC(=O)[C@H]1CC[C@H]2[C@@H]3CCC4=C/C(=N\OCC(=O)NCCCCCNC(=O)CCCC[C@H]5SC[C@H]6NC(=O)N[C@H]65)CC[C@]4(C)[C@H]3CC[C@]12C. The Balaban J connectivity index is 0.810. The van der Waals surface area contributed by atoms with Crippen LogP contribution in [0.2, 0.25) is 0 Å². The number of oxime groups is 1. The summed E-state index contributed by atoms with van der Waals surface area (Å²) in [5.41, 5.74) is 2.84. The lowest BCUT2D eigenvalue weighted by atomic mass is 9.46. The predicted molar refractivity (Wildman–Crippen MR) is 193 cm³/mol. The van der Waals surface area contributed by atoms with Gasteiger partial charge in [0, 0.05) is 36.4 Å². The largest absolute Gasteiger partial charge is 0.385 e. The van der Waals surface area contributed by atoms with Crippen LogP contribution in [0.3, 0.4) is 0 Å². The summed E-state index contributed by atoms with van der Waals surface area (Å²) in [6, 6.07) is 0.424. The Kier molecular flexibility index (Phi) is 11.7. The summed E-state index contributed by atoms with van der Waals surface area (Å²) in [5, 5.41) is 16.7. The number of urea groups is 1. The van der Waals surface area contributed by atoms with Crippen LogP contribution in [0.15, 0.2) is 16.8 Å². The number of ketones is 1. The first-order valence-electron chi connectivity index (χ1n) is 19.2. The van der Waals surface area contributed by atoms with Crippen molar-refractivity contribution in [2.45, 2.75) is 134 Å². The van der Waals surface area contributed by atoms with Gasteiger partial charge >= 0.3 is 6.03 Å². The zero-order chi connectivity index (χ0) is 34.6. The third kappa shape index (κ3) is 8.01. The molecule has 4 N–H and O–H groups in total. The quantitative estimate of drug-likeness (QED) is 0.0991. The Hall–Kier alpha value is -2.56. The van der Waals surface area contributed by atoms with Gasteiger partial charge in [0.15, 0.2) is 6.61 Å². The first kappa shape index (κ1) is 36.2. The maximum absolute atomic E-state index is 12.4. The minimum atomic E-state index is -0.157. The highest BCUT2D eigenvalue weighted by Crippen LogP contribution is 2.66. The molecule has 3 saturated carbocycles. The number of carbonyl (C=O) groups is 4. The smallest absolute Gasteiger partial charge is 0.315 e. The molecular formula is C38H59N5O5S. The number of hydrogen-bond acceptors (Lipinski definition) is 7. The van der Waals surface area contributed by atoms with Crippen LogP contribution in [0.5, 0.6) is 0 Å². The Morgan fingerprint density at radius 1 is 0.939 bits per heavy atom. The van der Waals surface area contributed by atoms with Gasteiger partial charge in [-0.25, -0.2) is 4.79 Å². The number of nitrogens with one attached hydrogen (secondary N) is 4. The van der Waals surface area contributed by atoms with Crippen LogP contribution in [0.25, 0.3) is 0 Å². The lowest BCUT2D eigenvalue weighted by Crippen LogP contribution is -2.51. The standard InChI is InChI=1S/C38H59N5O5S/c1-24(44)28-13-14-29-27-12-11-25-21-26(15-17-37(25,2)30(27)16-18-38(28,29)3)43-48-22-34(46)40-20-8-4-7-19-39-33(45)10-6-5-9-32-35-31(23-49-32)41-36(47)42-35/h21,27-32,35H,4-20,22-23H2,1-3H3,(H,39,45)(H,40,46)(H2,41,42,47)/b43-26-/t27-,28+,29-,30-,31+,32+,35+,37-,38+/m0/s1. The number of carbonyl (C=O) groups excluding carboxylic acids is 4. The van der Waals surface area contributed by atoms with E-state index < -0.39 is 0 Å². The van der Waals surface area contributed by atoms with Gasteiger partial charge < -0.3 is 26.1 Å². The molecule has 0 aromatic rings. The van der Waals surface area contributed by atoms with Crippen LogP contribution in [0.1, 0.15) is 117 Å². The second kappa shape index (κ2) is 15.8. The molecule has 4 aliphatic carbocycles. The molecule has 10 nitrogen and oxygen atoms in total. The van der Waals surface area contributed by atoms with E-state index >= 15 is 0 Å². The number of amides is 4. The molecule has 49 heavy (non-hydrogen) atoms. The summed E-state index contributed by atoms with van der Waals surface area (Å²) in [7, 11) is 0. The molecule has 6 rings (SSSR count). The van der Waals surface area contributed by atoms with Crippen molar-refractivity contribution in [1.29, 1.82) is 0 Å². The van der Waals surface area contributed by atoms with Gasteiger partial charge in [0.2, 0.25) is 5.91 Å². The molecule has 4 amide bonds. The van der Waals surface area contributed by atoms with E-state index in [0.717, 1.165) is 81.6 Å². The zero-order valence-electron chi connectivity index (χ0n) is 30.0. The molecule has 0 unspecified atom stereocenters. The number of rotatable bonds is 15. The first-order valence-corrected chi connectivity index (χ1v) is 20.3. The topological polar surface area (TPSA) is 138 Å². The predicted octanol–water partition coefficient (Wildman–Crippen LogP) is 5.66. The number of fused-ring (bicyclic) bond motifs is 6. The minimum Gasteiger partial charge on any atom is -0.385 e. The third-order valence-electron chi connectivity index (χ3n) is 13.4. The van der Waals surface area contributed by atoms with Crippen LogP contribution in [-0.4, -0.2) is 72.1 Å². The number of allylic oxidation sites excluding steroid dienone is 2. The van der Waals surface area contributed by atoms with Gasteiger partial charge in [0.1, 0.15) is 5.78 Å². The van der Waals surface area contributed by atoms with Gasteiger partial charge in [-0.1, -0.05) is 31.0 Å². The summed E-state index contributed by atoms with van der Waals surface area (Å²) in [6.07, 6.45) is 17.3. The molecule has 2 aliphatic heterocycles. The Bertz CT molecular complexity index is 1320. The molecule has 2 heterocycles. The van der Waals surface area contributed by atoms with E-state index in [-0.39, 0.29) is 53.3 Å². The summed E-state index contributed by atoms with van der Waals surface area (Å²) in [5.74, 6) is 3.63. The van der Waals surface area contributed by atoms with E-state index in [1.54, 1.807) is 6.92 Å². The number of unbranched alkanes of at least 4 members (excludes halogenated alkanes) is 3. The molecule has 272 valence electrons. The molecule has 0 aromatic heterocycles. The average molecular weight is 698 g/mol. The Labute approximate surface area is 296 Å². The number of hydrogen-bond donors (Lipinski definition) is 4. The van der Waals surface area contributed by atoms with Crippen LogP contribution < -0.4 is 21.3 Å². The van der Waals surface area contributed by atoms with Gasteiger partial charge in [-0.3, -0.25) is 14.4 Å². The van der Waals surface area contributed by atoms with E-state index in [9.17, 15) is 19.2 Å². The highest BCUT2D eigenvalue weighted by molar-refractivity contribution is 8.00. The van der Waals surface area contributed by atoms with Gasteiger partial charge in [0.25, 0.3) is 5.91 Å². The monoisotopic (exact) mass is 697 g/mol. The Morgan fingerprint density at radius 3 is 2.53 bits per heavy atom. The summed E-state index contributed by atoms with van der Waals surface area (Å²) < 4.78 is 0. The maximum atomic E-state index is 12.4. The van der Waals surface area contributed by atoms with Crippen LogP contribution >= 0.6 is 11.8 Å². The van der Waals surface area contributed by atoms with Crippen molar-refractivity contribution in [2.75, 3.05) is 25.4 Å². The fourth-order valence-electron chi connectivity index (χ4n) is 10.8. The summed E-state index contributed by atoms with van der Waals surface area (Å²) >= 11 is 1.91. The van der Waals surface area contributed by atoms with Crippen molar-refractivity contribution in [1.82, 2.24) is 21.3 Å². The molecule has 2 saturated heterocycles. The van der Waals surface area contributed by atoms with Gasteiger partial charge in [-0.2, -0.15) is 11.8 Å². The highest BCUT2D eigenvalue weighted by Gasteiger charge is 2.59. The molecule has 0 bridgehead atoms. The highest BCUT2D eigenvalue weighted by atomic mass is 32.2. The second-order valence-corrected chi connectivity index (χ2v) is 17.5. The van der Waals surface area contributed by atoms with E-state index in [0.29, 0.717) is 42.4 Å².